The van der Waals surface area contributed by atoms with Crippen LogP contribution < -0.4 is 14.4 Å². The molecular formula is C22H21BrFNO2. The number of benzene rings is 3. The lowest BCUT2D eigenvalue weighted by atomic mass is 10.1. The van der Waals surface area contributed by atoms with Gasteiger partial charge in [0.25, 0.3) is 0 Å². The summed E-state index contributed by atoms with van der Waals surface area (Å²) in [5, 5.41) is 0. The van der Waals surface area contributed by atoms with Gasteiger partial charge in [0, 0.05) is 13.1 Å². The Hall–Kier alpha value is -2.53. The number of halogens is 2. The Morgan fingerprint density at radius 1 is 0.778 bits per heavy atom. The maximum atomic E-state index is 14.8. The number of rotatable bonds is 7. The van der Waals surface area contributed by atoms with Gasteiger partial charge in [-0.1, -0.05) is 30.3 Å². The van der Waals surface area contributed by atoms with Crippen molar-refractivity contribution in [2.24, 2.45) is 0 Å². The molecule has 3 rings (SSSR count). The average Bonchev–Trinajstić information content (AvgIpc) is 2.71. The Balaban J connectivity index is 1.90. The summed E-state index contributed by atoms with van der Waals surface area (Å²) in [6.45, 7) is 1.15. The molecule has 0 aliphatic rings. The molecule has 0 atom stereocenters. The molecule has 0 saturated carbocycles. The van der Waals surface area contributed by atoms with Crippen LogP contribution in [0, 0.1) is 5.82 Å². The molecule has 0 radical (unpaired) electrons. The number of anilines is 1. The molecule has 0 N–H and O–H groups in total. The predicted molar refractivity (Wildman–Crippen MR) is 110 cm³/mol. The molecule has 0 aliphatic carbocycles. The van der Waals surface area contributed by atoms with Crippen LogP contribution in [0.1, 0.15) is 11.1 Å². The third-order valence-corrected chi connectivity index (χ3v) is 4.95. The third-order valence-electron chi connectivity index (χ3n) is 4.34. The topological polar surface area (TPSA) is 21.7 Å². The lowest BCUT2D eigenvalue weighted by molar-refractivity contribution is 0.414. The Labute approximate surface area is 167 Å². The van der Waals surface area contributed by atoms with Crippen LogP contribution in [0.2, 0.25) is 0 Å². The van der Waals surface area contributed by atoms with Crippen LogP contribution in [-0.4, -0.2) is 14.2 Å². The zero-order chi connectivity index (χ0) is 19.2. The molecule has 0 spiro atoms. The number of hydrogen-bond acceptors (Lipinski definition) is 3. The van der Waals surface area contributed by atoms with E-state index in [9.17, 15) is 4.39 Å². The molecule has 0 fully saturated rings. The summed E-state index contributed by atoms with van der Waals surface area (Å²) >= 11 is 3.29. The molecule has 3 nitrogen and oxygen atoms in total. The molecule has 3 aromatic carbocycles. The molecule has 27 heavy (non-hydrogen) atoms. The van der Waals surface area contributed by atoms with Crippen LogP contribution in [-0.2, 0) is 13.1 Å². The summed E-state index contributed by atoms with van der Waals surface area (Å²) in [5.41, 5.74) is 2.70. The first-order chi connectivity index (χ1) is 13.1. The monoisotopic (exact) mass is 429 g/mol. The Kier molecular flexibility index (Phi) is 6.35. The maximum Gasteiger partial charge on any atom is 0.160 e. The van der Waals surface area contributed by atoms with Gasteiger partial charge in [-0.3, -0.25) is 0 Å². The van der Waals surface area contributed by atoms with E-state index in [1.165, 1.54) is 0 Å². The van der Waals surface area contributed by atoms with Crippen molar-refractivity contribution < 1.29 is 13.9 Å². The van der Waals surface area contributed by atoms with E-state index in [-0.39, 0.29) is 5.82 Å². The lowest BCUT2D eigenvalue weighted by Crippen LogP contribution is -2.23. The second-order valence-corrected chi connectivity index (χ2v) is 6.98. The molecule has 3 aromatic rings. The van der Waals surface area contributed by atoms with E-state index < -0.39 is 0 Å². The van der Waals surface area contributed by atoms with Gasteiger partial charge in [0.2, 0.25) is 0 Å². The van der Waals surface area contributed by atoms with Crippen LogP contribution in [0.3, 0.4) is 0 Å². The number of ether oxygens (including phenoxy) is 2. The molecule has 0 bridgehead atoms. The first kappa shape index (κ1) is 19.2. The fourth-order valence-electron chi connectivity index (χ4n) is 2.87. The highest BCUT2D eigenvalue weighted by atomic mass is 79.9. The number of hydrogen-bond donors (Lipinski definition) is 0. The Morgan fingerprint density at radius 2 is 1.26 bits per heavy atom. The van der Waals surface area contributed by atoms with Crippen LogP contribution in [0.25, 0.3) is 0 Å². The van der Waals surface area contributed by atoms with E-state index in [1.54, 1.807) is 26.4 Å². The third kappa shape index (κ3) is 4.80. The average molecular weight is 430 g/mol. The molecule has 0 aromatic heterocycles. The van der Waals surface area contributed by atoms with Gasteiger partial charge in [0.05, 0.1) is 24.4 Å². The molecule has 5 heteroatoms. The molecule has 0 heterocycles. The molecule has 0 unspecified atom stereocenters. The second kappa shape index (κ2) is 8.91. The smallest absolute Gasteiger partial charge is 0.160 e. The molecule has 0 saturated heterocycles. The summed E-state index contributed by atoms with van der Waals surface area (Å²) in [4.78, 5) is 2.02. The summed E-state index contributed by atoms with van der Waals surface area (Å²) < 4.78 is 25.7. The highest BCUT2D eigenvalue weighted by Gasteiger charge is 2.15. The van der Waals surface area contributed by atoms with Crippen molar-refractivity contribution in [1.29, 1.82) is 0 Å². The summed E-state index contributed by atoms with van der Waals surface area (Å²) in [5.74, 6) is 1.34. The predicted octanol–water partition coefficient (Wildman–Crippen LogP) is 5.81. The Morgan fingerprint density at radius 3 is 1.70 bits per heavy atom. The summed E-state index contributed by atoms with van der Waals surface area (Å²) in [6, 6.07) is 21.0. The zero-order valence-corrected chi connectivity index (χ0v) is 16.9. The van der Waals surface area contributed by atoms with Gasteiger partial charge in [-0.25, -0.2) is 4.39 Å². The lowest BCUT2D eigenvalue weighted by Gasteiger charge is -2.26. The number of methoxy groups -OCH3 is 2. The van der Waals surface area contributed by atoms with E-state index in [4.69, 9.17) is 9.47 Å². The zero-order valence-electron chi connectivity index (χ0n) is 15.3. The fourth-order valence-corrected chi connectivity index (χ4v) is 3.22. The maximum absolute atomic E-state index is 14.8. The van der Waals surface area contributed by atoms with Gasteiger partial charge in [0.15, 0.2) is 5.82 Å². The van der Waals surface area contributed by atoms with E-state index in [0.717, 1.165) is 22.6 Å². The molecule has 0 amide bonds. The minimum absolute atomic E-state index is 0.264. The van der Waals surface area contributed by atoms with Crippen LogP contribution >= 0.6 is 15.9 Å². The van der Waals surface area contributed by atoms with Crippen molar-refractivity contribution in [1.82, 2.24) is 0 Å². The quantitative estimate of drug-likeness (QED) is 0.472. The minimum Gasteiger partial charge on any atom is -0.497 e. The first-order valence-corrected chi connectivity index (χ1v) is 9.35. The van der Waals surface area contributed by atoms with Gasteiger partial charge in [-0.15, -0.1) is 0 Å². The molecule has 0 aliphatic heterocycles. The van der Waals surface area contributed by atoms with Crippen molar-refractivity contribution in [2.45, 2.75) is 13.1 Å². The van der Waals surface area contributed by atoms with Crippen LogP contribution in [0.15, 0.2) is 71.2 Å². The number of nitrogens with zero attached hydrogens (tertiary/aromatic N) is 1. The normalized spacial score (nSPS) is 10.5. The van der Waals surface area contributed by atoms with Gasteiger partial charge < -0.3 is 14.4 Å². The van der Waals surface area contributed by atoms with E-state index in [2.05, 4.69) is 15.9 Å². The van der Waals surface area contributed by atoms with E-state index in [0.29, 0.717) is 23.2 Å². The van der Waals surface area contributed by atoms with Gasteiger partial charge in [0.1, 0.15) is 11.5 Å². The second-order valence-electron chi connectivity index (χ2n) is 6.13. The van der Waals surface area contributed by atoms with Crippen molar-refractivity contribution >= 4 is 21.6 Å². The van der Waals surface area contributed by atoms with Crippen molar-refractivity contribution in [3.8, 4) is 11.5 Å². The SMILES string of the molecule is COc1ccc(CN(Cc2ccc(OC)cc2)c2cccc(Br)c2F)cc1. The molecule has 140 valence electrons. The van der Waals surface area contributed by atoms with Gasteiger partial charge in [-0.2, -0.15) is 0 Å². The van der Waals surface area contributed by atoms with E-state index in [1.807, 2.05) is 59.5 Å². The van der Waals surface area contributed by atoms with Gasteiger partial charge in [-0.05, 0) is 63.5 Å². The highest BCUT2D eigenvalue weighted by molar-refractivity contribution is 9.10. The molecular weight excluding hydrogens is 409 g/mol. The summed E-state index contributed by atoms with van der Waals surface area (Å²) in [7, 11) is 3.28. The van der Waals surface area contributed by atoms with Crippen LogP contribution in [0.5, 0.6) is 11.5 Å². The largest absolute Gasteiger partial charge is 0.497 e. The van der Waals surface area contributed by atoms with Gasteiger partial charge >= 0.3 is 0 Å². The van der Waals surface area contributed by atoms with E-state index >= 15 is 0 Å². The van der Waals surface area contributed by atoms with Crippen LogP contribution in [0.4, 0.5) is 10.1 Å². The van der Waals surface area contributed by atoms with Crippen molar-refractivity contribution in [3.63, 3.8) is 0 Å². The standard InChI is InChI=1S/C22H21BrFNO2/c1-26-18-10-6-16(7-11-18)14-25(21-5-3-4-20(23)22(21)24)15-17-8-12-19(27-2)13-9-17/h3-13H,14-15H2,1-2H3. The minimum atomic E-state index is -0.264. The highest BCUT2D eigenvalue weighted by Crippen LogP contribution is 2.29. The van der Waals surface area contributed by atoms with Crippen molar-refractivity contribution in [2.75, 3.05) is 19.1 Å². The first-order valence-electron chi connectivity index (χ1n) is 8.55. The summed E-state index contributed by atoms with van der Waals surface area (Å²) in [6.07, 6.45) is 0. The Bertz CT molecular complexity index is 832. The van der Waals surface area contributed by atoms with Crippen molar-refractivity contribution in [3.05, 3.63) is 88.1 Å². The fraction of sp³-hybridized carbons (Fsp3) is 0.182.